The van der Waals surface area contributed by atoms with Gasteiger partial charge in [0, 0.05) is 0 Å². The molecule has 330 valence electrons. The quantitative estimate of drug-likeness (QED) is 0.143. The van der Waals surface area contributed by atoms with Gasteiger partial charge in [0.05, 0.1) is 0 Å². The van der Waals surface area contributed by atoms with Crippen LogP contribution in [-0.2, 0) is 62.2 Å². The molecule has 0 radical (unpaired) electrons. The summed E-state index contributed by atoms with van der Waals surface area (Å²) in [6.45, 7) is 28.9. The van der Waals surface area contributed by atoms with Crippen molar-refractivity contribution in [1.82, 2.24) is 0 Å². The van der Waals surface area contributed by atoms with Crippen LogP contribution in [0.15, 0.2) is 149 Å². The number of allylic oxidation sites excluding steroid dienone is 4. The summed E-state index contributed by atoms with van der Waals surface area (Å²) in [5, 5.41) is 0. The second-order valence-corrected chi connectivity index (χ2v) is 28.5. The molecule has 0 spiro atoms. The predicted octanol–water partition coefficient (Wildman–Crippen LogP) is 9.53. The number of halogens is 2. The zero-order chi connectivity index (χ0) is 44.2. The average Bonchev–Trinajstić information content (AvgIpc) is 3.88. The average molecular weight is 963 g/mol. The molecule has 0 amide bonds. The van der Waals surface area contributed by atoms with Gasteiger partial charge in [-0.3, -0.25) is 0 Å². The largest absolute Gasteiger partial charge is 1.00 e. The number of benzene rings is 6. The van der Waals surface area contributed by atoms with Crippen molar-refractivity contribution in [3.8, 4) is 33.4 Å². The number of hydrogen-bond acceptors (Lipinski definition) is 0. The predicted molar refractivity (Wildman–Crippen MR) is 267 cm³/mol. The van der Waals surface area contributed by atoms with E-state index >= 15 is 0 Å². The molecular formula is C61H68Cl2Zr. The Labute approximate surface area is 406 Å². The second kappa shape index (κ2) is 19.2. The summed E-state index contributed by atoms with van der Waals surface area (Å²) in [5.74, 6) is 0. The molecule has 0 aliphatic heterocycles. The van der Waals surface area contributed by atoms with Gasteiger partial charge in [-0.2, -0.15) is 0 Å². The maximum absolute atomic E-state index is 3.01. The van der Waals surface area contributed by atoms with Crippen LogP contribution in [-0.4, -0.2) is 3.21 Å². The minimum Gasteiger partial charge on any atom is -1.00 e. The van der Waals surface area contributed by atoms with Crippen LogP contribution in [0.5, 0.6) is 0 Å². The molecule has 0 unspecified atom stereocenters. The second-order valence-electron chi connectivity index (χ2n) is 22.2. The van der Waals surface area contributed by atoms with E-state index in [1.54, 1.807) is 15.3 Å². The topological polar surface area (TPSA) is 0 Å². The van der Waals surface area contributed by atoms with Gasteiger partial charge in [0.25, 0.3) is 0 Å². The van der Waals surface area contributed by atoms with Crippen molar-refractivity contribution < 1.29 is 46.1 Å². The fourth-order valence-electron chi connectivity index (χ4n) is 10.2. The van der Waals surface area contributed by atoms with Gasteiger partial charge in [-0.05, 0) is 0 Å². The van der Waals surface area contributed by atoms with E-state index in [4.69, 9.17) is 0 Å². The van der Waals surface area contributed by atoms with E-state index in [1.165, 1.54) is 72.3 Å². The normalized spacial score (nSPS) is 13.3. The summed E-state index contributed by atoms with van der Waals surface area (Å²) >= 11 is -3.01. The zero-order valence-corrected chi connectivity index (χ0v) is 44.4. The van der Waals surface area contributed by atoms with Crippen LogP contribution >= 0.6 is 0 Å². The Morgan fingerprint density at radius 3 is 1.44 bits per heavy atom. The monoisotopic (exact) mass is 960 g/mol. The molecule has 3 heteroatoms. The van der Waals surface area contributed by atoms with E-state index in [9.17, 15) is 0 Å². The summed E-state index contributed by atoms with van der Waals surface area (Å²) in [5.41, 5.74) is 20.2. The first kappa shape index (κ1) is 49.6. The fourth-order valence-corrected chi connectivity index (χ4v) is 18.9. The van der Waals surface area contributed by atoms with Crippen LogP contribution in [0, 0.1) is 0 Å². The maximum Gasteiger partial charge on any atom is -1.00 e. The van der Waals surface area contributed by atoms with Gasteiger partial charge in [-0.15, -0.1) is 0 Å². The fraction of sp³-hybridized carbons (Fsp3) is 0.328. The molecule has 2 aliphatic carbocycles. The Balaban J connectivity index is 0.00000340. The zero-order valence-electron chi connectivity index (χ0n) is 40.4. The van der Waals surface area contributed by atoms with Crippen molar-refractivity contribution in [3.05, 3.63) is 193 Å². The van der Waals surface area contributed by atoms with Crippen LogP contribution in [0.25, 0.3) is 33.4 Å². The van der Waals surface area contributed by atoms with E-state index in [1.807, 2.05) is 0 Å². The Bertz CT molecular complexity index is 2690. The molecule has 64 heavy (non-hydrogen) atoms. The van der Waals surface area contributed by atoms with Crippen molar-refractivity contribution in [1.29, 1.82) is 0 Å². The minimum atomic E-state index is -3.01. The van der Waals surface area contributed by atoms with Crippen molar-refractivity contribution in [2.45, 2.75) is 130 Å². The molecule has 6 aromatic carbocycles. The van der Waals surface area contributed by atoms with Crippen molar-refractivity contribution in [3.63, 3.8) is 0 Å². The standard InChI is InChI=1S/C41H49.C15H14.C5H5.2ClH.Zr/c1-38(2,3)34-19-15-13-17-28(34)32-22-26-21-27-23-33(29-18-14-16-20-35(29)39(4,5)6)37(41(10,11)12)25-31(27)30(26)24-36(32)40(7,8)9;1-3-8-14(9-4-1)12-7-13-15-10-5-2-6-11-15;1-2-4-5-3-1;;;/h13-20,22,24-25H,21H2,1-12H3;1-6,8-11H,12-13H2;1-3H,4H2;2*1H;/q;;;;;+2/p-2. The van der Waals surface area contributed by atoms with Crippen molar-refractivity contribution >= 4 is 6.48 Å². The molecule has 8 rings (SSSR count). The Morgan fingerprint density at radius 1 is 0.469 bits per heavy atom. The first-order chi connectivity index (χ1) is 29.3. The van der Waals surface area contributed by atoms with Crippen molar-refractivity contribution in [2.24, 2.45) is 0 Å². The Hall–Kier alpha value is -3.87. The smallest absolute Gasteiger partial charge is 1.00 e. The van der Waals surface area contributed by atoms with Gasteiger partial charge < -0.3 is 24.8 Å². The van der Waals surface area contributed by atoms with Crippen molar-refractivity contribution in [2.75, 3.05) is 0 Å². The molecule has 0 bridgehead atoms. The van der Waals surface area contributed by atoms with Crippen LogP contribution in [0.4, 0.5) is 0 Å². The number of fused-ring (bicyclic) bond motifs is 3. The van der Waals surface area contributed by atoms with E-state index in [-0.39, 0.29) is 46.5 Å². The molecule has 0 heterocycles. The molecule has 0 saturated carbocycles. The first-order valence-corrected chi connectivity index (χ1v) is 26.7. The molecule has 0 aromatic heterocycles. The molecular weight excluding hydrogens is 895 g/mol. The summed E-state index contributed by atoms with van der Waals surface area (Å²) in [7, 11) is 0. The number of hydrogen-bond donors (Lipinski definition) is 0. The molecule has 0 N–H and O–H groups in total. The van der Waals surface area contributed by atoms with Crippen LogP contribution < -0.4 is 28.1 Å². The van der Waals surface area contributed by atoms with Gasteiger partial charge in [-0.25, -0.2) is 0 Å². The third kappa shape index (κ3) is 10.1. The van der Waals surface area contributed by atoms with Gasteiger partial charge in [0.15, 0.2) is 0 Å². The molecule has 0 atom stereocenters. The molecule has 0 saturated heterocycles. The van der Waals surface area contributed by atoms with E-state index in [0.717, 1.165) is 25.7 Å². The molecule has 0 fully saturated rings. The molecule has 0 nitrogen and oxygen atoms in total. The first-order valence-electron chi connectivity index (χ1n) is 23.0. The van der Waals surface area contributed by atoms with E-state index < -0.39 is 21.3 Å². The molecule has 6 aromatic rings. The van der Waals surface area contributed by atoms with Crippen LogP contribution in [0.1, 0.15) is 134 Å². The Kier molecular flexibility index (Phi) is 14.8. The van der Waals surface area contributed by atoms with Gasteiger partial charge in [0.2, 0.25) is 0 Å². The van der Waals surface area contributed by atoms with E-state index in [2.05, 4.69) is 229 Å². The summed E-state index contributed by atoms with van der Waals surface area (Å²) < 4.78 is 5.17. The van der Waals surface area contributed by atoms with Gasteiger partial charge in [-0.1, -0.05) is 0 Å². The van der Waals surface area contributed by atoms with E-state index in [0.29, 0.717) is 0 Å². The SMILES string of the molecule is CC(C)(C)c1ccccc1-c1cc2c(cc1C(C)(C)C)-c1cc(C(C)(C)C)c(-c3ccccc3C(C)(C)C)[c]([Zr+2]([C]3=CC=CC3)=[C](Cc3ccccc3)Cc3ccccc3)c1C2.[Cl-].[Cl-]. The number of rotatable bonds is 8. The Morgan fingerprint density at radius 2 is 0.938 bits per heavy atom. The summed E-state index contributed by atoms with van der Waals surface area (Å²) in [4.78, 5) is 0. The van der Waals surface area contributed by atoms with Crippen LogP contribution in [0.3, 0.4) is 0 Å². The summed E-state index contributed by atoms with van der Waals surface area (Å²) in [6, 6.07) is 49.3. The minimum absolute atomic E-state index is 0. The van der Waals surface area contributed by atoms with Gasteiger partial charge >= 0.3 is 385 Å². The maximum atomic E-state index is 2.67. The third-order valence-electron chi connectivity index (χ3n) is 13.2. The third-order valence-corrected chi connectivity index (χ3v) is 20.9. The van der Waals surface area contributed by atoms with Gasteiger partial charge in [0.1, 0.15) is 0 Å². The summed E-state index contributed by atoms with van der Waals surface area (Å²) in [6.07, 6.45) is 11.3. The molecule has 2 aliphatic rings. The van der Waals surface area contributed by atoms with Crippen LogP contribution in [0.2, 0.25) is 0 Å².